The molecule has 1 aliphatic heterocycles. The van der Waals surface area contributed by atoms with Gasteiger partial charge in [0, 0.05) is 13.1 Å². The summed E-state index contributed by atoms with van der Waals surface area (Å²) in [5.41, 5.74) is 0. The van der Waals surface area contributed by atoms with Gasteiger partial charge in [-0.05, 0) is 25.9 Å². The van der Waals surface area contributed by atoms with E-state index in [0.717, 1.165) is 19.6 Å². The van der Waals surface area contributed by atoms with Crippen LogP contribution in [0.1, 0.15) is 12.8 Å². The maximum absolute atomic E-state index is 12.2. The van der Waals surface area contributed by atoms with Crippen LogP contribution in [0.3, 0.4) is 0 Å². The zero-order chi connectivity index (χ0) is 9.68. The Bertz CT molecular complexity index is 200. The molecule has 0 bridgehead atoms. The molecule has 1 amide bonds. The summed E-state index contributed by atoms with van der Waals surface area (Å²) in [5.74, 6) is -1.61. The molecule has 1 fully saturated rings. The van der Waals surface area contributed by atoms with Gasteiger partial charge in [-0.25, -0.2) is 4.39 Å². The Morgan fingerprint density at radius 2 is 2.08 bits per heavy atom. The molecule has 1 aliphatic rings. The molecular weight excluding hydrogens is 171 g/mol. The van der Waals surface area contributed by atoms with Crippen molar-refractivity contribution in [3.63, 3.8) is 0 Å². The smallest absolute Gasteiger partial charge is 0.279 e. The number of hydrogen-bond acceptors (Lipinski definition) is 2. The van der Waals surface area contributed by atoms with Crippen LogP contribution in [0.25, 0.3) is 0 Å². The second-order valence-corrected chi connectivity index (χ2v) is 3.21. The lowest BCUT2D eigenvalue weighted by atomic mass is 10.4. The van der Waals surface area contributed by atoms with E-state index in [1.165, 1.54) is 12.8 Å². The Morgan fingerprint density at radius 1 is 1.46 bits per heavy atom. The van der Waals surface area contributed by atoms with Crippen LogP contribution in [0.15, 0.2) is 12.4 Å². The lowest BCUT2D eigenvalue weighted by Gasteiger charge is -2.14. The van der Waals surface area contributed by atoms with Crippen molar-refractivity contribution < 1.29 is 9.18 Å². The van der Waals surface area contributed by atoms with E-state index in [1.807, 2.05) is 0 Å². The molecule has 74 valence electrons. The van der Waals surface area contributed by atoms with Crippen LogP contribution in [0.4, 0.5) is 4.39 Å². The first-order valence-electron chi connectivity index (χ1n) is 4.55. The summed E-state index contributed by atoms with van der Waals surface area (Å²) in [6.07, 6.45) is 2.45. The lowest BCUT2D eigenvalue weighted by molar-refractivity contribution is -0.118. The number of likely N-dealkylation sites (tertiary alicyclic amines) is 1. The Morgan fingerprint density at radius 3 is 2.62 bits per heavy atom. The monoisotopic (exact) mass is 186 g/mol. The number of amides is 1. The van der Waals surface area contributed by atoms with Gasteiger partial charge >= 0.3 is 0 Å². The van der Waals surface area contributed by atoms with Gasteiger partial charge in [-0.1, -0.05) is 6.58 Å². The Kier molecular flexibility index (Phi) is 3.89. The van der Waals surface area contributed by atoms with Crippen LogP contribution in [0, 0.1) is 0 Å². The van der Waals surface area contributed by atoms with Crippen molar-refractivity contribution in [3.05, 3.63) is 12.4 Å². The van der Waals surface area contributed by atoms with Crippen molar-refractivity contribution in [2.45, 2.75) is 12.8 Å². The summed E-state index contributed by atoms with van der Waals surface area (Å²) in [6.45, 7) is 6.40. The van der Waals surface area contributed by atoms with Gasteiger partial charge in [0.1, 0.15) is 0 Å². The Labute approximate surface area is 77.6 Å². The van der Waals surface area contributed by atoms with Crippen LogP contribution >= 0.6 is 0 Å². The summed E-state index contributed by atoms with van der Waals surface area (Å²) in [7, 11) is 0. The molecule has 3 nitrogen and oxygen atoms in total. The fourth-order valence-electron chi connectivity index (χ4n) is 1.43. The van der Waals surface area contributed by atoms with E-state index >= 15 is 0 Å². The normalized spacial score (nSPS) is 17.3. The van der Waals surface area contributed by atoms with Crippen LogP contribution < -0.4 is 5.32 Å². The van der Waals surface area contributed by atoms with Gasteiger partial charge in [0.05, 0.1) is 0 Å². The van der Waals surface area contributed by atoms with Gasteiger partial charge in [0.25, 0.3) is 5.91 Å². The quantitative estimate of drug-likeness (QED) is 0.655. The summed E-state index contributed by atoms with van der Waals surface area (Å²) in [6, 6.07) is 0. The van der Waals surface area contributed by atoms with E-state index in [1.54, 1.807) is 0 Å². The van der Waals surface area contributed by atoms with E-state index in [4.69, 9.17) is 0 Å². The number of rotatable bonds is 4. The second-order valence-electron chi connectivity index (χ2n) is 3.21. The third kappa shape index (κ3) is 3.55. The predicted molar refractivity (Wildman–Crippen MR) is 48.9 cm³/mol. The zero-order valence-electron chi connectivity index (χ0n) is 7.68. The van der Waals surface area contributed by atoms with E-state index in [0.29, 0.717) is 6.54 Å². The third-order valence-electron chi connectivity index (χ3n) is 2.16. The van der Waals surface area contributed by atoms with Gasteiger partial charge in [-0.2, -0.15) is 0 Å². The summed E-state index contributed by atoms with van der Waals surface area (Å²) in [5, 5.41) is 2.45. The topological polar surface area (TPSA) is 32.3 Å². The molecule has 1 N–H and O–H groups in total. The number of hydrogen-bond donors (Lipinski definition) is 1. The first-order valence-corrected chi connectivity index (χ1v) is 4.55. The van der Waals surface area contributed by atoms with Gasteiger partial charge in [-0.3, -0.25) is 4.79 Å². The molecule has 0 aliphatic carbocycles. The van der Waals surface area contributed by atoms with Crippen molar-refractivity contribution in [3.8, 4) is 0 Å². The molecule has 1 rings (SSSR count). The number of carbonyl (C=O) groups excluding carboxylic acids is 1. The van der Waals surface area contributed by atoms with Crippen LogP contribution in [-0.2, 0) is 4.79 Å². The SMILES string of the molecule is C=C(F)C(=O)NCCN1CCCC1. The highest BCUT2D eigenvalue weighted by Gasteiger charge is 2.11. The molecule has 0 spiro atoms. The molecule has 1 saturated heterocycles. The fourth-order valence-corrected chi connectivity index (χ4v) is 1.43. The molecule has 1 heterocycles. The van der Waals surface area contributed by atoms with Crippen LogP contribution in [0.5, 0.6) is 0 Å². The number of nitrogens with one attached hydrogen (secondary N) is 1. The van der Waals surface area contributed by atoms with E-state index in [2.05, 4.69) is 16.8 Å². The van der Waals surface area contributed by atoms with Crippen molar-refractivity contribution in [2.24, 2.45) is 0 Å². The van der Waals surface area contributed by atoms with Gasteiger partial charge in [0.2, 0.25) is 0 Å². The zero-order valence-corrected chi connectivity index (χ0v) is 7.68. The molecule has 0 unspecified atom stereocenters. The lowest BCUT2D eigenvalue weighted by Crippen LogP contribution is -2.33. The Balaban J connectivity index is 2.06. The van der Waals surface area contributed by atoms with Crippen LogP contribution in [-0.4, -0.2) is 37.0 Å². The molecule has 0 aromatic rings. The number of halogens is 1. The van der Waals surface area contributed by atoms with Crippen molar-refractivity contribution in [1.82, 2.24) is 10.2 Å². The maximum Gasteiger partial charge on any atom is 0.279 e. The van der Waals surface area contributed by atoms with Gasteiger partial charge in [0.15, 0.2) is 5.83 Å². The molecular formula is C9H15FN2O. The standard InChI is InChI=1S/C9H15FN2O/c1-8(10)9(13)11-4-7-12-5-2-3-6-12/h1-7H2,(H,11,13). The summed E-state index contributed by atoms with van der Waals surface area (Å²) < 4.78 is 12.2. The largest absolute Gasteiger partial charge is 0.349 e. The minimum Gasteiger partial charge on any atom is -0.349 e. The number of carbonyl (C=O) groups is 1. The average Bonchev–Trinajstić information content (AvgIpc) is 2.56. The molecule has 0 aromatic heterocycles. The average molecular weight is 186 g/mol. The Hall–Kier alpha value is -0.900. The molecule has 0 aromatic carbocycles. The molecule has 13 heavy (non-hydrogen) atoms. The molecule has 0 radical (unpaired) electrons. The molecule has 4 heteroatoms. The highest BCUT2D eigenvalue weighted by atomic mass is 19.1. The highest BCUT2D eigenvalue weighted by molar-refractivity contribution is 5.90. The maximum atomic E-state index is 12.2. The van der Waals surface area contributed by atoms with Gasteiger partial charge < -0.3 is 10.2 Å². The van der Waals surface area contributed by atoms with Crippen molar-refractivity contribution in [1.29, 1.82) is 0 Å². The minimum absolute atomic E-state index is 0.502. The van der Waals surface area contributed by atoms with E-state index in [9.17, 15) is 9.18 Å². The van der Waals surface area contributed by atoms with Crippen molar-refractivity contribution in [2.75, 3.05) is 26.2 Å². The number of nitrogens with zero attached hydrogens (tertiary/aromatic N) is 1. The first kappa shape index (κ1) is 10.2. The van der Waals surface area contributed by atoms with Gasteiger partial charge in [-0.15, -0.1) is 0 Å². The molecule has 0 atom stereocenters. The molecule has 0 saturated carbocycles. The first-order chi connectivity index (χ1) is 6.20. The fraction of sp³-hybridized carbons (Fsp3) is 0.667. The predicted octanol–water partition coefficient (Wildman–Crippen LogP) is 0.682. The third-order valence-corrected chi connectivity index (χ3v) is 2.16. The summed E-state index contributed by atoms with van der Waals surface area (Å²) in [4.78, 5) is 13.0. The summed E-state index contributed by atoms with van der Waals surface area (Å²) >= 11 is 0. The minimum atomic E-state index is -0.915. The second kappa shape index (κ2) is 4.97. The highest BCUT2D eigenvalue weighted by Crippen LogP contribution is 2.05. The van der Waals surface area contributed by atoms with E-state index in [-0.39, 0.29) is 0 Å². The van der Waals surface area contributed by atoms with E-state index < -0.39 is 11.7 Å². The van der Waals surface area contributed by atoms with Crippen molar-refractivity contribution >= 4 is 5.91 Å². The van der Waals surface area contributed by atoms with Crippen LogP contribution in [0.2, 0.25) is 0 Å².